The Hall–Kier alpha value is -9.39. The van der Waals surface area contributed by atoms with Gasteiger partial charge in [-0.15, -0.1) is 0 Å². The van der Waals surface area contributed by atoms with Crippen LogP contribution in [0.25, 0.3) is 29.1 Å². The second-order valence-corrected chi connectivity index (χ2v) is 28.3. The van der Waals surface area contributed by atoms with Crippen molar-refractivity contribution in [2.75, 3.05) is 52.0 Å². The Kier molecular flexibility index (Phi) is 24.7. The predicted octanol–water partition coefficient (Wildman–Crippen LogP) is 15.9. The van der Waals surface area contributed by atoms with Gasteiger partial charge in [-0.3, -0.25) is 24.3 Å². The summed E-state index contributed by atoms with van der Waals surface area (Å²) >= 11 is 0. The van der Waals surface area contributed by atoms with Crippen LogP contribution in [-0.4, -0.2) is 130 Å². The number of rotatable bonds is 16. The first kappa shape index (κ1) is 79.3. The first-order valence-electron chi connectivity index (χ1n) is 33.5. The van der Waals surface area contributed by atoms with Gasteiger partial charge >= 0.3 is 17.9 Å². The van der Waals surface area contributed by atoms with Gasteiger partial charge in [-0.2, -0.15) is 5.10 Å². The first-order valence-corrected chi connectivity index (χ1v) is 33.5. The number of nitrogen functional groups attached to an aromatic ring is 1. The SMILES string of the molecule is COC(=O)/C=C/c1cc(F)c(C2c3ccc(N)c(C)c3CC(C)N2CC(C)(C)F)c(F)c1.COC(=O)/C=C/c1cc(F)c(C2c3ccc(NC(C)=O)c(C)c3CC(C)N2CC(C)(C)F)c(F)c1.COC(=O)/C=C/c1cc(F)c(C2c3ccc4c(cnn4C(C)=O)c3CC(C)N2CC(C)(C)F)c(F)c1. The summed E-state index contributed by atoms with van der Waals surface area (Å²) in [5.41, 5.74) is 9.41. The molecule has 3 N–H and O–H groups in total. The third-order valence-corrected chi connectivity index (χ3v) is 18.5. The number of amides is 1. The van der Waals surface area contributed by atoms with Gasteiger partial charge in [0.25, 0.3) is 0 Å². The fourth-order valence-corrected chi connectivity index (χ4v) is 14.0. The lowest BCUT2D eigenvalue weighted by Crippen LogP contribution is -2.48. The highest BCUT2D eigenvalue weighted by atomic mass is 19.2. The summed E-state index contributed by atoms with van der Waals surface area (Å²) in [6, 6.07) is 14.0. The average molecular weight is 1430 g/mol. The normalized spacial score (nSPS) is 18.7. The fourth-order valence-electron chi connectivity index (χ4n) is 14.0. The van der Waals surface area contributed by atoms with E-state index in [0.717, 1.165) is 81.3 Å². The summed E-state index contributed by atoms with van der Waals surface area (Å²) in [7, 11) is 3.63. The van der Waals surface area contributed by atoms with Crippen molar-refractivity contribution < 1.29 is 77.7 Å². The number of benzene rings is 6. The molecular formula is C79H88F9N7O8. The number of carbonyl (C=O) groups is 5. The van der Waals surface area contributed by atoms with E-state index < -0.39 is 87.9 Å². The Morgan fingerprint density at radius 1 is 0.515 bits per heavy atom. The molecule has 0 fully saturated rings. The highest BCUT2D eigenvalue weighted by Crippen LogP contribution is 2.47. The molecule has 6 aromatic carbocycles. The van der Waals surface area contributed by atoms with Crippen molar-refractivity contribution in [1.82, 2.24) is 24.5 Å². The Balaban J connectivity index is 0.000000196. The van der Waals surface area contributed by atoms with Crippen molar-refractivity contribution >= 4 is 70.2 Å². The summed E-state index contributed by atoms with van der Waals surface area (Å²) in [4.78, 5) is 63.1. The molecule has 3 aliphatic rings. The van der Waals surface area contributed by atoms with E-state index in [9.17, 15) is 37.1 Å². The minimum Gasteiger partial charge on any atom is -0.466 e. The standard InChI is InChI=1S/C27H28F3N3O3.C27H31F3N2O3.C25H29F3N2O2/c1-15-10-19-18(7-8-23-20(19)13-31-33(23)16(2)34)26(32(15)14-27(3,4)30)25-21(28)11-17(12-22(25)29)6-9-24(35)36-5;1-15-11-20-16(2)23(31-17(3)33)9-8-19(20)26(32(15)14-27(4,5)30)25-21(28)12-18(13-22(25)29)7-10-24(34)35-6;1-14-10-18-15(2)21(29)8-7-17(18)24(30(14)13-25(3,4)28)23-19(26)11-16(12-20(23)27)6-9-22(31)32-5/h6-9,11-13,15,26H,10,14H2,1-5H3;7-10,12-13,15,26H,11,14H2,1-6H3,(H,31,33);6-9,11-12,14,24H,10,13,29H2,1-5H3/b9-6+;10-7+;9-6+. The van der Waals surface area contributed by atoms with E-state index in [4.69, 9.17) is 5.73 Å². The molecule has 550 valence electrons. The minimum atomic E-state index is -1.62. The number of hydrogen-bond donors (Lipinski definition) is 2. The smallest absolute Gasteiger partial charge is 0.330 e. The number of nitrogens with one attached hydrogen (secondary N) is 1. The van der Waals surface area contributed by atoms with E-state index in [1.54, 1.807) is 52.4 Å². The topological polar surface area (TPSA) is 179 Å². The van der Waals surface area contributed by atoms with Crippen LogP contribution in [0.3, 0.4) is 0 Å². The van der Waals surface area contributed by atoms with E-state index >= 15 is 26.3 Å². The van der Waals surface area contributed by atoms with Gasteiger partial charge in [-0.1, -0.05) is 18.2 Å². The Morgan fingerprint density at radius 2 is 0.835 bits per heavy atom. The van der Waals surface area contributed by atoms with Crippen LogP contribution in [-0.2, 0) is 52.7 Å². The molecule has 10 rings (SSSR count). The zero-order valence-corrected chi connectivity index (χ0v) is 60.7. The Morgan fingerprint density at radius 3 is 1.17 bits per heavy atom. The van der Waals surface area contributed by atoms with Gasteiger partial charge in [-0.05, 0) is 229 Å². The van der Waals surface area contributed by atoms with Crippen LogP contribution in [0.1, 0.15) is 177 Å². The largest absolute Gasteiger partial charge is 0.466 e. The van der Waals surface area contributed by atoms with Gasteiger partial charge in [0, 0.05) is 103 Å². The monoisotopic (exact) mass is 1430 g/mol. The van der Waals surface area contributed by atoms with Crippen molar-refractivity contribution in [3.8, 4) is 0 Å². The maximum absolute atomic E-state index is 15.6. The molecule has 1 amide bonds. The van der Waals surface area contributed by atoms with Crippen LogP contribution >= 0.6 is 0 Å². The van der Waals surface area contributed by atoms with Crippen molar-refractivity contribution in [3.63, 3.8) is 0 Å². The van der Waals surface area contributed by atoms with Gasteiger partial charge in [0.2, 0.25) is 11.8 Å². The molecule has 0 radical (unpaired) electrons. The van der Waals surface area contributed by atoms with Crippen LogP contribution in [0.15, 0.2) is 97.2 Å². The van der Waals surface area contributed by atoms with E-state index in [0.29, 0.717) is 47.3 Å². The lowest BCUT2D eigenvalue weighted by Gasteiger charge is -2.44. The zero-order chi connectivity index (χ0) is 76.2. The summed E-state index contributed by atoms with van der Waals surface area (Å²) in [5.74, 6) is -7.17. The van der Waals surface area contributed by atoms with Crippen LogP contribution in [0, 0.1) is 48.8 Å². The average Bonchev–Trinajstić information content (AvgIpc) is 1.65. The molecule has 6 unspecified atom stereocenters. The number of fused-ring (bicyclic) bond motifs is 5. The molecule has 103 heavy (non-hydrogen) atoms. The maximum Gasteiger partial charge on any atom is 0.330 e. The Labute approximate surface area is 594 Å². The zero-order valence-electron chi connectivity index (χ0n) is 60.7. The van der Waals surface area contributed by atoms with Crippen molar-refractivity contribution in [2.24, 2.45) is 0 Å². The predicted molar refractivity (Wildman–Crippen MR) is 380 cm³/mol. The third-order valence-electron chi connectivity index (χ3n) is 18.5. The van der Waals surface area contributed by atoms with Crippen LogP contribution in [0.4, 0.5) is 50.9 Å². The van der Waals surface area contributed by atoms with E-state index in [-0.39, 0.29) is 83.0 Å². The number of methoxy groups -OCH3 is 3. The van der Waals surface area contributed by atoms with Gasteiger partial charge < -0.3 is 25.3 Å². The molecule has 1 aromatic heterocycles. The first-order chi connectivity index (χ1) is 48.1. The molecule has 0 bridgehead atoms. The fraction of sp³-hybridized carbons (Fsp3) is 0.392. The van der Waals surface area contributed by atoms with Gasteiger partial charge in [0.1, 0.15) is 51.9 Å². The number of hydrogen-bond acceptors (Lipinski definition) is 13. The van der Waals surface area contributed by atoms with Gasteiger partial charge in [0.05, 0.1) is 51.2 Å². The molecule has 0 saturated carbocycles. The lowest BCUT2D eigenvalue weighted by atomic mass is 9.81. The molecule has 4 heterocycles. The van der Waals surface area contributed by atoms with Crippen LogP contribution in [0.2, 0.25) is 0 Å². The molecule has 0 spiro atoms. The van der Waals surface area contributed by atoms with Gasteiger partial charge in [0.15, 0.2) is 0 Å². The molecule has 24 heteroatoms. The Bertz CT molecular complexity index is 4420. The van der Waals surface area contributed by atoms with Crippen LogP contribution in [0.5, 0.6) is 0 Å². The lowest BCUT2D eigenvalue weighted by molar-refractivity contribution is -0.135. The quantitative estimate of drug-likeness (QED) is 0.0307. The second-order valence-electron chi connectivity index (χ2n) is 28.3. The number of nitrogens with zero attached hydrogens (tertiary/aromatic N) is 5. The molecule has 0 aliphatic carbocycles. The van der Waals surface area contributed by atoms with Crippen LogP contribution < -0.4 is 11.1 Å². The number of halogens is 9. The number of nitrogens with two attached hydrogens (primary N) is 1. The minimum absolute atomic E-state index is 0.00454. The number of ether oxygens (including phenoxy) is 3. The molecule has 7 aromatic rings. The van der Waals surface area contributed by atoms with Gasteiger partial charge in [-0.25, -0.2) is 58.6 Å². The molecule has 15 nitrogen and oxygen atoms in total. The molecule has 3 aliphatic heterocycles. The van der Waals surface area contributed by atoms with Crippen molar-refractivity contribution in [2.45, 2.75) is 163 Å². The van der Waals surface area contributed by atoms with Crippen molar-refractivity contribution in [1.29, 1.82) is 0 Å². The number of carbonyl (C=O) groups excluding carboxylic acids is 5. The number of anilines is 2. The molecule has 6 atom stereocenters. The van der Waals surface area contributed by atoms with E-state index in [2.05, 4.69) is 24.6 Å². The molecular weight excluding hydrogens is 1350 g/mol. The van der Waals surface area contributed by atoms with E-state index in [1.165, 1.54) is 112 Å². The highest BCUT2D eigenvalue weighted by molar-refractivity contribution is 5.93. The second kappa shape index (κ2) is 32.1. The molecule has 0 saturated heterocycles. The number of alkyl halides is 3. The summed E-state index contributed by atoms with van der Waals surface area (Å²) in [6.45, 7) is 20.8. The van der Waals surface area contributed by atoms with E-state index in [1.807, 2.05) is 39.5 Å². The summed E-state index contributed by atoms with van der Waals surface area (Å²) in [6.07, 6.45) is 10.3. The highest BCUT2D eigenvalue weighted by Gasteiger charge is 2.44. The summed E-state index contributed by atoms with van der Waals surface area (Å²) in [5, 5.41) is 7.71. The summed E-state index contributed by atoms with van der Waals surface area (Å²) < 4.78 is 152. The number of aromatic nitrogens is 2. The number of esters is 3. The van der Waals surface area contributed by atoms with Crippen molar-refractivity contribution in [3.05, 3.63) is 210 Å². The third kappa shape index (κ3) is 18.5. The maximum atomic E-state index is 15.6.